The molecule has 1 amide bonds. The van der Waals surface area contributed by atoms with Crippen molar-refractivity contribution in [3.05, 3.63) is 35.9 Å². The minimum atomic E-state index is -1.16. The number of alkyl halides is 1. The summed E-state index contributed by atoms with van der Waals surface area (Å²) in [5.41, 5.74) is 11.5. The molecule has 1 aromatic rings. The molecule has 2 rings (SSSR count). The fourth-order valence-corrected chi connectivity index (χ4v) is 4.78. The van der Waals surface area contributed by atoms with E-state index >= 15 is 0 Å². The van der Waals surface area contributed by atoms with Gasteiger partial charge in [-0.2, -0.15) is 0 Å². The van der Waals surface area contributed by atoms with Gasteiger partial charge < -0.3 is 21.1 Å². The first-order valence-corrected chi connectivity index (χ1v) is 13.3. The van der Waals surface area contributed by atoms with Crippen LogP contribution in [-0.4, -0.2) is 60.1 Å². The standard InChI is InChI=1S/C28H41FN4O5/c1-3-19(2)22(16-26(36)38-18-20-9-5-4-6-10-20)27(37)33-14-8-12-23(33)24(34)15-21(25(35)17-29)11-7-13-32-28(30)31/h4-6,9-10,19,21-23H,3,7-8,11-18H2,1-2H3,(H4,30,31,32)/t19?,21-,22+,23+/m1/s1. The molecule has 10 heteroatoms. The van der Waals surface area contributed by atoms with Crippen LogP contribution < -0.4 is 11.5 Å². The summed E-state index contributed by atoms with van der Waals surface area (Å²) in [6.45, 7) is 3.49. The quantitative estimate of drug-likeness (QED) is 0.144. The zero-order valence-corrected chi connectivity index (χ0v) is 22.4. The van der Waals surface area contributed by atoms with E-state index in [1.54, 1.807) is 4.90 Å². The molecule has 38 heavy (non-hydrogen) atoms. The summed E-state index contributed by atoms with van der Waals surface area (Å²) in [6.07, 6.45) is 2.27. The number of carbonyl (C=O) groups is 4. The van der Waals surface area contributed by atoms with Gasteiger partial charge >= 0.3 is 5.97 Å². The normalized spacial score (nSPS) is 17.3. The van der Waals surface area contributed by atoms with Gasteiger partial charge in [0.25, 0.3) is 0 Å². The Morgan fingerprint density at radius 2 is 1.87 bits per heavy atom. The van der Waals surface area contributed by atoms with Gasteiger partial charge in [0.2, 0.25) is 5.91 Å². The second-order valence-corrected chi connectivity index (χ2v) is 9.95. The van der Waals surface area contributed by atoms with Crippen LogP contribution in [0.2, 0.25) is 0 Å². The summed E-state index contributed by atoms with van der Waals surface area (Å²) in [5, 5.41) is 0. The molecule has 1 aliphatic rings. The second-order valence-electron chi connectivity index (χ2n) is 9.95. The van der Waals surface area contributed by atoms with Crippen molar-refractivity contribution in [1.29, 1.82) is 0 Å². The fourth-order valence-electron chi connectivity index (χ4n) is 4.78. The predicted molar refractivity (Wildman–Crippen MR) is 143 cm³/mol. The monoisotopic (exact) mass is 532 g/mol. The number of Topliss-reactive ketones (excluding diaryl/α,β-unsaturated/α-hetero) is 2. The number of carbonyl (C=O) groups excluding carboxylic acids is 4. The van der Waals surface area contributed by atoms with Crippen molar-refractivity contribution < 1.29 is 28.3 Å². The van der Waals surface area contributed by atoms with Gasteiger partial charge in [-0.1, -0.05) is 50.6 Å². The number of aliphatic imine (C=N–C) groups is 1. The Labute approximate surface area is 224 Å². The van der Waals surface area contributed by atoms with Crippen LogP contribution in [0.5, 0.6) is 0 Å². The smallest absolute Gasteiger partial charge is 0.306 e. The molecule has 0 bridgehead atoms. The number of likely N-dealkylation sites (tertiary alicyclic amines) is 1. The molecule has 1 aromatic carbocycles. The molecule has 9 nitrogen and oxygen atoms in total. The number of nitrogens with two attached hydrogens (primary N) is 2. The number of esters is 1. The van der Waals surface area contributed by atoms with E-state index in [0.717, 1.165) is 5.56 Å². The van der Waals surface area contributed by atoms with Crippen LogP contribution in [0, 0.1) is 17.8 Å². The summed E-state index contributed by atoms with van der Waals surface area (Å²) in [5.74, 6) is -3.22. The summed E-state index contributed by atoms with van der Waals surface area (Å²) in [7, 11) is 0. The fraction of sp³-hybridized carbons (Fsp3) is 0.607. The molecule has 0 spiro atoms. The van der Waals surface area contributed by atoms with Crippen LogP contribution in [0.15, 0.2) is 35.3 Å². The van der Waals surface area contributed by atoms with Crippen molar-refractivity contribution in [2.24, 2.45) is 34.2 Å². The molecule has 1 aliphatic heterocycles. The van der Waals surface area contributed by atoms with E-state index in [-0.39, 0.29) is 56.0 Å². The Morgan fingerprint density at radius 3 is 2.50 bits per heavy atom. The Morgan fingerprint density at radius 1 is 1.16 bits per heavy atom. The first kappa shape index (κ1) is 30.9. The molecule has 0 aliphatic carbocycles. The van der Waals surface area contributed by atoms with E-state index in [1.807, 2.05) is 44.2 Å². The summed E-state index contributed by atoms with van der Waals surface area (Å²) in [6, 6.07) is 8.60. The highest BCUT2D eigenvalue weighted by atomic mass is 19.1. The van der Waals surface area contributed by atoms with Crippen LogP contribution in [0.3, 0.4) is 0 Å². The Balaban J connectivity index is 2.05. The minimum Gasteiger partial charge on any atom is -0.461 e. The van der Waals surface area contributed by atoms with Gasteiger partial charge in [-0.05, 0) is 37.2 Å². The van der Waals surface area contributed by atoms with Crippen molar-refractivity contribution in [3.8, 4) is 0 Å². The van der Waals surface area contributed by atoms with Gasteiger partial charge in [0.15, 0.2) is 17.5 Å². The Hall–Kier alpha value is -3.30. The number of guanidine groups is 1. The van der Waals surface area contributed by atoms with Crippen LogP contribution in [0.1, 0.15) is 64.4 Å². The summed E-state index contributed by atoms with van der Waals surface area (Å²) < 4.78 is 18.6. The van der Waals surface area contributed by atoms with E-state index in [1.165, 1.54) is 0 Å². The second kappa shape index (κ2) is 15.8. The lowest BCUT2D eigenvalue weighted by Crippen LogP contribution is -2.46. The number of amides is 1. The minimum absolute atomic E-state index is 0.0747. The molecular formula is C28H41FN4O5. The average Bonchev–Trinajstić information content (AvgIpc) is 3.41. The van der Waals surface area contributed by atoms with Gasteiger partial charge in [0, 0.05) is 25.4 Å². The maximum atomic E-state index is 13.6. The maximum absolute atomic E-state index is 13.6. The number of nitrogens with zero attached hydrogens (tertiary/aromatic N) is 2. The van der Waals surface area contributed by atoms with E-state index < -0.39 is 36.3 Å². The molecule has 4 atom stereocenters. The number of hydrogen-bond donors (Lipinski definition) is 2. The zero-order valence-electron chi connectivity index (χ0n) is 22.4. The van der Waals surface area contributed by atoms with Gasteiger partial charge in [-0.25, -0.2) is 4.39 Å². The highest BCUT2D eigenvalue weighted by molar-refractivity contribution is 5.94. The first-order valence-electron chi connectivity index (χ1n) is 13.3. The third-order valence-electron chi connectivity index (χ3n) is 7.22. The summed E-state index contributed by atoms with van der Waals surface area (Å²) >= 11 is 0. The Kier molecular flexibility index (Phi) is 12.9. The number of hydrogen-bond acceptors (Lipinski definition) is 6. The lowest BCUT2D eigenvalue weighted by Gasteiger charge is -2.31. The molecule has 1 saturated heterocycles. The highest BCUT2D eigenvalue weighted by Crippen LogP contribution is 2.29. The lowest BCUT2D eigenvalue weighted by atomic mass is 9.86. The van der Waals surface area contributed by atoms with Crippen LogP contribution >= 0.6 is 0 Å². The zero-order chi connectivity index (χ0) is 28.1. The van der Waals surface area contributed by atoms with Crippen LogP contribution in [-0.2, 0) is 30.5 Å². The number of ketones is 2. The lowest BCUT2D eigenvalue weighted by molar-refractivity contribution is -0.152. The maximum Gasteiger partial charge on any atom is 0.306 e. The van der Waals surface area contributed by atoms with E-state index in [2.05, 4.69) is 4.99 Å². The van der Waals surface area contributed by atoms with Crippen LogP contribution in [0.25, 0.3) is 0 Å². The van der Waals surface area contributed by atoms with Gasteiger partial charge in [0.05, 0.1) is 18.4 Å². The molecule has 0 saturated carbocycles. The third kappa shape index (κ3) is 9.54. The summed E-state index contributed by atoms with van der Waals surface area (Å²) in [4.78, 5) is 57.1. The molecule has 0 radical (unpaired) electrons. The number of benzene rings is 1. The first-order chi connectivity index (χ1) is 18.2. The largest absolute Gasteiger partial charge is 0.461 e. The van der Waals surface area contributed by atoms with E-state index in [4.69, 9.17) is 16.2 Å². The van der Waals surface area contributed by atoms with Gasteiger partial charge in [-0.15, -0.1) is 0 Å². The SMILES string of the molecule is CCC(C)[C@H](CC(=O)OCc1ccccc1)C(=O)N1CCC[C@H]1C(=O)C[C@@H](CCCN=C(N)N)C(=O)CF. The molecular weight excluding hydrogens is 491 g/mol. The van der Waals surface area contributed by atoms with E-state index in [9.17, 15) is 23.6 Å². The van der Waals surface area contributed by atoms with Crippen molar-refractivity contribution >= 4 is 29.4 Å². The number of rotatable bonds is 16. The number of halogens is 1. The molecule has 1 unspecified atom stereocenters. The van der Waals surface area contributed by atoms with E-state index in [0.29, 0.717) is 32.2 Å². The number of ether oxygens (including phenoxy) is 1. The topological polar surface area (TPSA) is 145 Å². The highest BCUT2D eigenvalue weighted by Gasteiger charge is 2.40. The Bertz CT molecular complexity index is 967. The predicted octanol–water partition coefficient (Wildman–Crippen LogP) is 2.94. The molecule has 1 fully saturated rings. The molecule has 1 heterocycles. The van der Waals surface area contributed by atoms with Crippen molar-refractivity contribution in [2.75, 3.05) is 19.8 Å². The van der Waals surface area contributed by atoms with Crippen LogP contribution in [0.4, 0.5) is 4.39 Å². The third-order valence-corrected chi connectivity index (χ3v) is 7.22. The van der Waals surface area contributed by atoms with Crippen molar-refractivity contribution in [3.63, 3.8) is 0 Å². The van der Waals surface area contributed by atoms with Gasteiger partial charge in [0.1, 0.15) is 13.3 Å². The average molecular weight is 533 g/mol. The van der Waals surface area contributed by atoms with Crippen molar-refractivity contribution in [1.82, 2.24) is 4.90 Å². The van der Waals surface area contributed by atoms with Gasteiger partial charge in [-0.3, -0.25) is 24.2 Å². The molecule has 210 valence electrons. The molecule has 0 aromatic heterocycles. The van der Waals surface area contributed by atoms with Crippen molar-refractivity contribution in [2.45, 2.75) is 71.4 Å². The molecule has 4 N–H and O–H groups in total.